The number of thioether (sulfide) groups is 1. The summed E-state index contributed by atoms with van der Waals surface area (Å²) in [6.45, 7) is 4.30. The molecule has 0 spiro atoms. The highest BCUT2D eigenvalue weighted by molar-refractivity contribution is 7.98. The van der Waals surface area contributed by atoms with Crippen LogP contribution in [0.3, 0.4) is 0 Å². The number of carboxylic acids is 1. The van der Waals surface area contributed by atoms with Gasteiger partial charge in [0.2, 0.25) is 0 Å². The van der Waals surface area contributed by atoms with Crippen molar-refractivity contribution in [3.05, 3.63) is 23.8 Å². The first-order valence-corrected chi connectivity index (χ1v) is 7.39. The minimum Gasteiger partial charge on any atom is -0.496 e. The van der Waals surface area contributed by atoms with Gasteiger partial charge in [-0.25, -0.2) is 0 Å². The van der Waals surface area contributed by atoms with E-state index in [4.69, 9.17) is 9.84 Å². The number of nitrogens with one attached hydrogen (secondary N) is 1. The minimum atomic E-state index is -0.817. The minimum absolute atomic E-state index is 0.0462. The van der Waals surface area contributed by atoms with E-state index in [-0.39, 0.29) is 5.92 Å². The normalized spacial score (nSPS) is 12.5. The second-order valence-electron chi connectivity index (χ2n) is 4.63. The van der Waals surface area contributed by atoms with Crippen molar-refractivity contribution in [1.82, 2.24) is 5.32 Å². The summed E-state index contributed by atoms with van der Waals surface area (Å²) in [5.41, 5.74) is 1.02. The summed E-state index contributed by atoms with van der Waals surface area (Å²) >= 11 is 1.62. The van der Waals surface area contributed by atoms with Gasteiger partial charge in [0, 0.05) is 11.4 Å². The summed E-state index contributed by atoms with van der Waals surface area (Å²) in [6.07, 6.45) is 2.00. The monoisotopic (exact) mass is 283 g/mol. The van der Waals surface area contributed by atoms with Crippen molar-refractivity contribution in [3.8, 4) is 5.75 Å². The number of carboxylic acid groups (broad SMARTS) is 1. The van der Waals surface area contributed by atoms with Gasteiger partial charge in [0.05, 0.1) is 7.11 Å². The Balaban J connectivity index is 2.74. The molecule has 4 nitrogen and oxygen atoms in total. The molecule has 0 bridgehead atoms. The van der Waals surface area contributed by atoms with Crippen LogP contribution >= 0.6 is 11.8 Å². The Morgan fingerprint density at radius 3 is 2.63 bits per heavy atom. The maximum Gasteiger partial charge on any atom is 0.320 e. The van der Waals surface area contributed by atoms with Crippen molar-refractivity contribution in [3.63, 3.8) is 0 Å². The quantitative estimate of drug-likeness (QED) is 0.753. The molecule has 1 aromatic rings. The highest BCUT2D eigenvalue weighted by Gasteiger charge is 2.20. The third kappa shape index (κ3) is 4.44. The Morgan fingerprint density at radius 2 is 2.16 bits per heavy atom. The Hall–Kier alpha value is -1.20. The van der Waals surface area contributed by atoms with Crippen LogP contribution in [0.4, 0.5) is 0 Å². The van der Waals surface area contributed by atoms with Gasteiger partial charge in [0.1, 0.15) is 11.8 Å². The molecule has 19 heavy (non-hydrogen) atoms. The SMILES string of the molecule is COc1cc(CN[C@H](C(=O)O)C(C)C)ccc1SC. The predicted molar refractivity (Wildman–Crippen MR) is 77.9 cm³/mol. The Labute approximate surface area is 118 Å². The molecule has 2 N–H and O–H groups in total. The highest BCUT2D eigenvalue weighted by Crippen LogP contribution is 2.28. The van der Waals surface area contributed by atoms with Crippen molar-refractivity contribution in [2.45, 2.75) is 31.3 Å². The zero-order valence-electron chi connectivity index (χ0n) is 11.8. The number of aliphatic carboxylic acids is 1. The second-order valence-corrected chi connectivity index (χ2v) is 5.48. The third-order valence-electron chi connectivity index (χ3n) is 2.91. The number of rotatable bonds is 7. The standard InChI is InChI=1S/C14H21NO3S/c1-9(2)13(14(16)17)15-8-10-5-6-12(19-4)11(7-10)18-3/h5-7,9,13,15H,8H2,1-4H3,(H,16,17)/t13-/m0/s1. The maximum absolute atomic E-state index is 11.1. The van der Waals surface area contributed by atoms with E-state index in [2.05, 4.69) is 5.32 Å². The Morgan fingerprint density at radius 1 is 1.47 bits per heavy atom. The molecule has 0 unspecified atom stereocenters. The zero-order valence-corrected chi connectivity index (χ0v) is 12.6. The van der Waals surface area contributed by atoms with Gasteiger partial charge in [-0.3, -0.25) is 4.79 Å². The van der Waals surface area contributed by atoms with Crippen LogP contribution in [0.25, 0.3) is 0 Å². The average Bonchev–Trinajstić information content (AvgIpc) is 2.37. The third-order valence-corrected chi connectivity index (χ3v) is 3.68. The van der Waals surface area contributed by atoms with E-state index in [0.29, 0.717) is 6.54 Å². The van der Waals surface area contributed by atoms with Crippen LogP contribution in [-0.4, -0.2) is 30.5 Å². The van der Waals surface area contributed by atoms with Gasteiger partial charge in [0.15, 0.2) is 0 Å². The lowest BCUT2D eigenvalue weighted by Gasteiger charge is -2.18. The summed E-state index contributed by atoms with van der Waals surface area (Å²) < 4.78 is 5.31. The van der Waals surface area contributed by atoms with E-state index >= 15 is 0 Å². The van der Waals surface area contributed by atoms with E-state index in [1.54, 1.807) is 18.9 Å². The summed E-state index contributed by atoms with van der Waals surface area (Å²) in [5, 5.41) is 12.2. The van der Waals surface area contributed by atoms with Crippen LogP contribution in [0.2, 0.25) is 0 Å². The fraction of sp³-hybridized carbons (Fsp3) is 0.500. The predicted octanol–water partition coefficient (Wildman–Crippen LogP) is 2.62. The topological polar surface area (TPSA) is 58.6 Å². The molecule has 0 amide bonds. The molecule has 0 fully saturated rings. The number of hydrogen-bond donors (Lipinski definition) is 2. The molecule has 0 aliphatic carbocycles. The van der Waals surface area contributed by atoms with Crippen molar-refractivity contribution in [1.29, 1.82) is 0 Å². The molecule has 1 atom stereocenters. The van der Waals surface area contributed by atoms with Gasteiger partial charge in [-0.2, -0.15) is 0 Å². The van der Waals surface area contributed by atoms with E-state index in [9.17, 15) is 4.79 Å². The highest BCUT2D eigenvalue weighted by atomic mass is 32.2. The van der Waals surface area contributed by atoms with E-state index in [1.165, 1.54) is 0 Å². The van der Waals surface area contributed by atoms with Gasteiger partial charge in [-0.1, -0.05) is 19.9 Å². The first-order valence-electron chi connectivity index (χ1n) is 6.16. The molecule has 5 heteroatoms. The maximum atomic E-state index is 11.1. The lowest BCUT2D eigenvalue weighted by Crippen LogP contribution is -2.40. The molecule has 0 aromatic heterocycles. The van der Waals surface area contributed by atoms with Crippen LogP contribution in [0, 0.1) is 5.92 Å². The second kappa shape index (κ2) is 7.40. The molecular formula is C14H21NO3S. The van der Waals surface area contributed by atoms with Gasteiger partial charge in [-0.15, -0.1) is 11.8 Å². The van der Waals surface area contributed by atoms with Crippen molar-refractivity contribution < 1.29 is 14.6 Å². The van der Waals surface area contributed by atoms with Crippen molar-refractivity contribution in [2.75, 3.05) is 13.4 Å². The number of methoxy groups -OCH3 is 1. The Kier molecular flexibility index (Phi) is 6.18. The van der Waals surface area contributed by atoms with Crippen LogP contribution in [0.1, 0.15) is 19.4 Å². The first-order chi connectivity index (χ1) is 8.99. The van der Waals surface area contributed by atoms with Crippen LogP contribution in [0.15, 0.2) is 23.1 Å². The number of benzene rings is 1. The fourth-order valence-corrected chi connectivity index (χ4v) is 2.37. The van der Waals surface area contributed by atoms with Crippen molar-refractivity contribution >= 4 is 17.7 Å². The van der Waals surface area contributed by atoms with E-state index in [1.807, 2.05) is 38.3 Å². The molecule has 0 radical (unpaired) electrons. The smallest absolute Gasteiger partial charge is 0.320 e. The lowest BCUT2D eigenvalue weighted by atomic mass is 10.0. The fourth-order valence-electron chi connectivity index (χ4n) is 1.83. The van der Waals surface area contributed by atoms with Gasteiger partial charge < -0.3 is 15.2 Å². The van der Waals surface area contributed by atoms with Gasteiger partial charge in [-0.05, 0) is 29.9 Å². The number of hydrogen-bond acceptors (Lipinski definition) is 4. The first kappa shape index (κ1) is 15.9. The Bertz CT molecular complexity index is 435. The molecule has 0 saturated heterocycles. The van der Waals surface area contributed by atoms with E-state index < -0.39 is 12.0 Å². The summed E-state index contributed by atoms with van der Waals surface area (Å²) in [4.78, 5) is 12.2. The van der Waals surface area contributed by atoms with Crippen LogP contribution < -0.4 is 10.1 Å². The van der Waals surface area contributed by atoms with Crippen molar-refractivity contribution in [2.24, 2.45) is 5.92 Å². The lowest BCUT2D eigenvalue weighted by molar-refractivity contribution is -0.140. The molecule has 106 valence electrons. The van der Waals surface area contributed by atoms with Gasteiger partial charge >= 0.3 is 5.97 Å². The van der Waals surface area contributed by atoms with E-state index in [0.717, 1.165) is 16.2 Å². The zero-order chi connectivity index (χ0) is 14.4. The number of ether oxygens (including phenoxy) is 1. The largest absolute Gasteiger partial charge is 0.496 e. The molecule has 0 aliphatic heterocycles. The summed E-state index contributed by atoms with van der Waals surface area (Å²) in [6, 6.07) is 5.39. The molecule has 1 aromatic carbocycles. The summed E-state index contributed by atoms with van der Waals surface area (Å²) in [5.74, 6) is 0.0517. The molecule has 1 rings (SSSR count). The van der Waals surface area contributed by atoms with Gasteiger partial charge in [0.25, 0.3) is 0 Å². The molecule has 0 aliphatic rings. The number of carbonyl (C=O) groups is 1. The molecular weight excluding hydrogens is 262 g/mol. The van der Waals surface area contributed by atoms with Crippen LogP contribution in [-0.2, 0) is 11.3 Å². The molecule has 0 heterocycles. The molecule has 0 saturated carbocycles. The van der Waals surface area contributed by atoms with Crippen LogP contribution in [0.5, 0.6) is 5.75 Å². The summed E-state index contributed by atoms with van der Waals surface area (Å²) in [7, 11) is 1.64. The average molecular weight is 283 g/mol.